The second-order valence-corrected chi connectivity index (χ2v) is 19.0. The van der Waals surface area contributed by atoms with Crippen LogP contribution in [0.4, 0.5) is 22.0 Å². The van der Waals surface area contributed by atoms with E-state index in [1.165, 1.54) is 18.2 Å². The number of fused-ring (bicyclic) bond motifs is 6. The molecule has 0 amide bonds. The van der Waals surface area contributed by atoms with Gasteiger partial charge in [0.15, 0.2) is 0 Å². The number of rotatable bonds is 7. The summed E-state index contributed by atoms with van der Waals surface area (Å²) in [6.07, 6.45) is -5.02. The third-order valence-electron chi connectivity index (χ3n) is 14.2. The lowest BCUT2D eigenvalue weighted by Gasteiger charge is -2.23. The number of halogens is 5. The molecule has 12 aromatic rings. The Kier molecular flexibility index (Phi) is 10.6. The minimum Gasteiger partial charge on any atom is -0.308 e. The van der Waals surface area contributed by atoms with Crippen LogP contribution in [0.2, 0.25) is 0 Å². The summed E-state index contributed by atoms with van der Waals surface area (Å²) in [4.78, 5) is 0. The molecule has 0 saturated heterocycles. The molecule has 0 N–H and O–H groups in total. The van der Waals surface area contributed by atoms with Crippen molar-refractivity contribution in [3.05, 3.63) is 240 Å². The normalized spacial score (nSPS) is 12.0. The monoisotopic (exact) mass is 948 g/mol. The van der Waals surface area contributed by atoms with E-state index in [0.717, 1.165) is 100 Å². The molecule has 0 fully saturated rings. The highest BCUT2D eigenvalue weighted by Crippen LogP contribution is 2.48. The fraction of sp³-hybridized carbons (Fsp3) is 0.0769. The van der Waals surface area contributed by atoms with Crippen LogP contribution in [0, 0.1) is 39.3 Å². The highest BCUT2D eigenvalue weighted by Gasteiger charge is 2.40. The third kappa shape index (κ3) is 7.64. The van der Waals surface area contributed by atoms with Crippen LogP contribution in [0.25, 0.3) is 111 Å². The molecule has 72 heavy (non-hydrogen) atoms. The van der Waals surface area contributed by atoms with Crippen molar-refractivity contribution in [1.82, 2.24) is 9.13 Å². The smallest absolute Gasteiger partial charge is 0.308 e. The van der Waals surface area contributed by atoms with Crippen molar-refractivity contribution in [2.75, 3.05) is 0 Å². The molecular formula is C65H45F5N2. The number of aryl methyl sites for hydroxylation is 4. The maximum Gasteiger partial charge on any atom is 0.420 e. The molecule has 0 radical (unpaired) electrons. The van der Waals surface area contributed by atoms with Gasteiger partial charge in [0.1, 0.15) is 17.2 Å². The Morgan fingerprint density at radius 1 is 0.306 bits per heavy atom. The fourth-order valence-corrected chi connectivity index (χ4v) is 10.4. The number of aromatic nitrogens is 2. The van der Waals surface area contributed by atoms with E-state index in [1.807, 2.05) is 198 Å². The van der Waals surface area contributed by atoms with Crippen molar-refractivity contribution in [3.8, 4) is 67.0 Å². The van der Waals surface area contributed by atoms with Crippen molar-refractivity contribution >= 4 is 43.6 Å². The molecule has 12 rings (SSSR count). The van der Waals surface area contributed by atoms with Gasteiger partial charge in [0.2, 0.25) is 0 Å². The molecule has 0 spiro atoms. The molecule has 350 valence electrons. The predicted octanol–water partition coefficient (Wildman–Crippen LogP) is 18.7. The van der Waals surface area contributed by atoms with Crippen molar-refractivity contribution in [2.24, 2.45) is 0 Å². The Bertz CT molecular complexity index is 3640. The van der Waals surface area contributed by atoms with E-state index in [-0.39, 0.29) is 16.9 Å². The summed E-state index contributed by atoms with van der Waals surface area (Å²) in [6, 6.07) is 61.6. The van der Waals surface area contributed by atoms with Crippen LogP contribution < -0.4 is 0 Å². The highest BCUT2D eigenvalue weighted by atomic mass is 19.4. The summed E-state index contributed by atoms with van der Waals surface area (Å²) in [5.41, 5.74) is 11.0. The standard InChI is InChI=1S/C65H45F5N2/c1-38-8-16-42(17-9-38)46-24-28-51-52-29-25-47(43-18-10-39(2)11-19-43)33-58(52)71(57(51)32-46)61-36-50(63-55(66)6-5-7-56(63)67)37-62(64(61)65(68,69)70)72-59-34-48(44-20-12-40(3)13-21-44)26-30-53(59)54-31-27-49(35-60(54)72)45-22-14-41(4)15-23-45/h5-37H,1-4H3. The zero-order valence-electron chi connectivity index (χ0n) is 39.8. The first-order valence-corrected chi connectivity index (χ1v) is 23.9. The Morgan fingerprint density at radius 2 is 0.569 bits per heavy atom. The van der Waals surface area contributed by atoms with Crippen molar-refractivity contribution in [1.29, 1.82) is 0 Å². The van der Waals surface area contributed by atoms with Gasteiger partial charge in [-0.2, -0.15) is 13.2 Å². The molecule has 2 heterocycles. The summed E-state index contributed by atoms with van der Waals surface area (Å²) in [5.74, 6) is -1.80. The van der Waals surface area contributed by atoms with Gasteiger partial charge < -0.3 is 9.13 Å². The topological polar surface area (TPSA) is 9.86 Å². The quantitative estimate of drug-likeness (QED) is 0.141. The first-order chi connectivity index (χ1) is 34.8. The molecule has 2 nitrogen and oxygen atoms in total. The van der Waals surface area contributed by atoms with Crippen LogP contribution in [0.3, 0.4) is 0 Å². The number of nitrogens with zero attached hydrogens (tertiary/aromatic N) is 2. The fourth-order valence-electron chi connectivity index (χ4n) is 10.4. The van der Waals surface area contributed by atoms with Crippen LogP contribution >= 0.6 is 0 Å². The van der Waals surface area contributed by atoms with E-state index >= 15 is 22.0 Å². The van der Waals surface area contributed by atoms with Gasteiger partial charge in [-0.15, -0.1) is 0 Å². The maximum atomic E-state index is 17.1. The summed E-state index contributed by atoms with van der Waals surface area (Å²) >= 11 is 0. The van der Waals surface area contributed by atoms with Gasteiger partial charge >= 0.3 is 6.18 Å². The maximum absolute atomic E-state index is 17.1. The zero-order chi connectivity index (χ0) is 49.6. The second kappa shape index (κ2) is 17.1. The van der Waals surface area contributed by atoms with E-state index in [4.69, 9.17) is 0 Å². The molecule has 0 aliphatic rings. The molecule has 0 saturated carbocycles. The summed E-state index contributed by atoms with van der Waals surface area (Å²) in [7, 11) is 0. The molecule has 0 aliphatic heterocycles. The van der Waals surface area contributed by atoms with Gasteiger partial charge in [0, 0.05) is 21.5 Å². The average Bonchev–Trinajstić information content (AvgIpc) is 3.87. The Balaban J connectivity index is 1.26. The van der Waals surface area contributed by atoms with E-state index in [0.29, 0.717) is 22.1 Å². The summed E-state index contributed by atoms with van der Waals surface area (Å²) in [6.45, 7) is 8.01. The lowest BCUT2D eigenvalue weighted by molar-refractivity contribution is -0.137. The Labute approximate surface area is 413 Å². The summed E-state index contributed by atoms with van der Waals surface area (Å²) < 4.78 is 87.6. The number of alkyl halides is 3. The van der Waals surface area contributed by atoms with Crippen molar-refractivity contribution < 1.29 is 22.0 Å². The van der Waals surface area contributed by atoms with Gasteiger partial charge in [0.25, 0.3) is 0 Å². The SMILES string of the molecule is Cc1ccc(-c2ccc3c4ccc(-c5ccc(C)cc5)cc4n(-c4cc(-c5c(F)cccc5F)cc(-n5c6cc(-c7ccc(C)cc7)ccc6c6ccc(-c7ccc(C)cc7)cc65)c4C(F)(F)F)c3c2)cc1. The van der Waals surface area contributed by atoms with Crippen LogP contribution in [-0.4, -0.2) is 9.13 Å². The molecule has 0 bridgehead atoms. The van der Waals surface area contributed by atoms with Gasteiger partial charge in [-0.25, -0.2) is 8.78 Å². The lowest BCUT2D eigenvalue weighted by atomic mass is 9.97. The Morgan fingerprint density at radius 3 is 0.833 bits per heavy atom. The zero-order valence-corrected chi connectivity index (χ0v) is 39.8. The number of benzene rings is 10. The Hall–Kier alpha value is -8.55. The molecule has 0 unspecified atom stereocenters. The minimum atomic E-state index is -5.02. The molecule has 7 heteroatoms. The van der Waals surface area contributed by atoms with Crippen molar-refractivity contribution in [2.45, 2.75) is 33.9 Å². The van der Waals surface area contributed by atoms with E-state index < -0.39 is 28.9 Å². The minimum absolute atomic E-state index is 0.0534. The predicted molar refractivity (Wildman–Crippen MR) is 286 cm³/mol. The lowest BCUT2D eigenvalue weighted by Crippen LogP contribution is -2.16. The van der Waals surface area contributed by atoms with Crippen LogP contribution in [0.15, 0.2) is 200 Å². The average molecular weight is 949 g/mol. The van der Waals surface area contributed by atoms with Gasteiger partial charge in [-0.3, -0.25) is 0 Å². The molecule has 0 atom stereocenters. The van der Waals surface area contributed by atoms with Crippen molar-refractivity contribution in [3.63, 3.8) is 0 Å². The van der Waals surface area contributed by atoms with E-state index in [1.54, 1.807) is 9.13 Å². The first kappa shape index (κ1) is 44.6. The highest BCUT2D eigenvalue weighted by molar-refractivity contribution is 6.13. The van der Waals surface area contributed by atoms with Crippen LogP contribution in [0.1, 0.15) is 27.8 Å². The number of hydrogen-bond donors (Lipinski definition) is 0. The van der Waals surface area contributed by atoms with Crippen LogP contribution in [0.5, 0.6) is 0 Å². The molecule has 2 aromatic heterocycles. The largest absolute Gasteiger partial charge is 0.420 e. The van der Waals surface area contributed by atoms with E-state index in [9.17, 15) is 0 Å². The van der Waals surface area contributed by atoms with Gasteiger partial charge in [-0.1, -0.05) is 174 Å². The van der Waals surface area contributed by atoms with Gasteiger partial charge in [-0.05, 0) is 126 Å². The molecule has 0 aliphatic carbocycles. The third-order valence-corrected chi connectivity index (χ3v) is 14.2. The molecular weight excluding hydrogens is 904 g/mol. The summed E-state index contributed by atoms with van der Waals surface area (Å²) in [5, 5.41) is 2.87. The molecule has 10 aromatic carbocycles. The number of hydrogen-bond acceptors (Lipinski definition) is 0. The van der Waals surface area contributed by atoms with Crippen LogP contribution in [-0.2, 0) is 6.18 Å². The van der Waals surface area contributed by atoms with Gasteiger partial charge in [0.05, 0.1) is 39.0 Å². The first-order valence-electron chi connectivity index (χ1n) is 23.9. The van der Waals surface area contributed by atoms with E-state index in [2.05, 4.69) is 0 Å². The second-order valence-electron chi connectivity index (χ2n) is 19.0.